The number of hydrogen-bond acceptors (Lipinski definition) is 2. The third-order valence-electron chi connectivity index (χ3n) is 15.8. The Hall–Kier alpha value is -8.56. The predicted molar refractivity (Wildman–Crippen MR) is 293 cm³/mol. The summed E-state index contributed by atoms with van der Waals surface area (Å²) in [5.74, 6) is 0. The van der Waals surface area contributed by atoms with Gasteiger partial charge in [0.05, 0.1) is 16.5 Å². The van der Waals surface area contributed by atoms with Crippen molar-refractivity contribution in [2.45, 2.75) is 10.8 Å². The van der Waals surface area contributed by atoms with Gasteiger partial charge < -0.3 is 4.90 Å². The molecule has 0 saturated heterocycles. The largest absolute Gasteiger partial charge is 0.310 e. The van der Waals surface area contributed by atoms with Gasteiger partial charge in [0, 0.05) is 37.1 Å². The minimum absolute atomic E-state index is 0.514. The Kier molecular flexibility index (Phi) is 8.43. The van der Waals surface area contributed by atoms with Crippen LogP contribution in [0.25, 0.3) is 64.7 Å². The first-order valence-electron chi connectivity index (χ1n) is 24.3. The monoisotopic (exact) mass is 905 g/mol. The number of anilines is 3. The molecule has 0 bridgehead atoms. The maximum Gasteiger partial charge on any atom is 0.0726 e. The molecule has 0 aliphatic heterocycles. The van der Waals surface area contributed by atoms with Gasteiger partial charge in [-0.25, -0.2) is 0 Å². The standard InChI is InChI=1S/C68H43NS/c1-4-20-44(21-5-1)56-42-57-52-29-13-18-34-61(52)68(59-32-16-11-26-49(59)50-27-12-17-33-60(50)68)63(57)43-64(56)69(48-37-39-55-54-30-14-19-35-65(54)70-66(55)41-48)47-36-38-53-51-28-10-15-31-58(51)67(62(53)40-47,45-22-6-2-7-23-45)46-24-8-3-9-25-46/h1-43H. The average molecular weight is 906 g/mol. The maximum absolute atomic E-state index is 2.58. The molecule has 0 unspecified atom stereocenters. The van der Waals surface area contributed by atoms with Gasteiger partial charge >= 0.3 is 0 Å². The van der Waals surface area contributed by atoms with Gasteiger partial charge in [-0.2, -0.15) is 0 Å². The normalized spacial score (nSPS) is 13.9. The first kappa shape index (κ1) is 39.4. The summed E-state index contributed by atoms with van der Waals surface area (Å²) in [5, 5.41) is 2.58. The summed E-state index contributed by atoms with van der Waals surface area (Å²) in [6.07, 6.45) is 0. The van der Waals surface area contributed by atoms with E-state index in [1.807, 2.05) is 11.3 Å². The number of fused-ring (bicyclic) bond motifs is 16. The van der Waals surface area contributed by atoms with E-state index in [1.165, 1.54) is 109 Å². The van der Waals surface area contributed by atoms with E-state index in [2.05, 4.69) is 266 Å². The lowest BCUT2D eigenvalue weighted by Gasteiger charge is -2.35. The lowest BCUT2D eigenvalue weighted by molar-refractivity contribution is 0.768. The van der Waals surface area contributed by atoms with Crippen LogP contribution in [0.1, 0.15) is 44.5 Å². The molecule has 3 aliphatic rings. The molecule has 326 valence electrons. The highest BCUT2D eigenvalue weighted by atomic mass is 32.1. The van der Waals surface area contributed by atoms with Crippen LogP contribution in [0.3, 0.4) is 0 Å². The summed E-state index contributed by atoms with van der Waals surface area (Å²) >= 11 is 1.88. The summed E-state index contributed by atoms with van der Waals surface area (Å²) < 4.78 is 2.57. The SMILES string of the molecule is c1ccc(-c2cc3c(cc2N(c2ccc4c(c2)C(c2ccccc2)(c2ccccc2)c2ccccc2-4)c2ccc4c(c2)sc2ccccc24)C2(c4ccccc4-c4ccccc42)c2ccccc2-3)cc1. The second-order valence-electron chi connectivity index (χ2n) is 19.0. The Labute approximate surface area is 411 Å². The summed E-state index contributed by atoms with van der Waals surface area (Å²) in [7, 11) is 0. The molecule has 15 rings (SSSR count). The maximum atomic E-state index is 2.58. The Balaban J connectivity index is 1.07. The molecular weight excluding hydrogens is 863 g/mol. The van der Waals surface area contributed by atoms with Gasteiger partial charge in [0.25, 0.3) is 0 Å². The third kappa shape index (κ3) is 5.26. The predicted octanol–water partition coefficient (Wildman–Crippen LogP) is 17.9. The highest BCUT2D eigenvalue weighted by Crippen LogP contribution is 2.65. The van der Waals surface area contributed by atoms with Gasteiger partial charge in [-0.3, -0.25) is 0 Å². The number of thiophene rings is 1. The fraction of sp³-hybridized carbons (Fsp3) is 0.0294. The van der Waals surface area contributed by atoms with Crippen molar-refractivity contribution in [3.05, 3.63) is 305 Å². The minimum atomic E-state index is -0.561. The molecule has 0 N–H and O–H groups in total. The van der Waals surface area contributed by atoms with Gasteiger partial charge in [-0.1, -0.05) is 218 Å². The van der Waals surface area contributed by atoms with Gasteiger partial charge in [0.2, 0.25) is 0 Å². The van der Waals surface area contributed by atoms with Crippen molar-refractivity contribution in [3.63, 3.8) is 0 Å². The van der Waals surface area contributed by atoms with E-state index in [9.17, 15) is 0 Å². The van der Waals surface area contributed by atoms with Gasteiger partial charge in [-0.05, 0) is 126 Å². The Bertz CT molecular complexity index is 3990. The van der Waals surface area contributed by atoms with Gasteiger partial charge in [-0.15, -0.1) is 11.3 Å². The molecule has 0 amide bonds. The third-order valence-corrected chi connectivity index (χ3v) is 16.9. The number of nitrogens with zero attached hydrogens (tertiary/aromatic N) is 1. The lowest BCUT2D eigenvalue weighted by Crippen LogP contribution is -2.28. The van der Waals surface area contributed by atoms with Crippen LogP contribution in [0, 0.1) is 0 Å². The zero-order valence-electron chi connectivity index (χ0n) is 38.2. The Morgan fingerprint density at radius 2 is 0.714 bits per heavy atom. The molecule has 12 aromatic rings. The molecule has 1 aromatic heterocycles. The Morgan fingerprint density at radius 1 is 0.271 bits per heavy atom. The van der Waals surface area contributed by atoms with Crippen molar-refractivity contribution in [3.8, 4) is 44.5 Å². The molecule has 0 atom stereocenters. The highest BCUT2D eigenvalue weighted by molar-refractivity contribution is 7.25. The molecule has 3 aliphatic carbocycles. The van der Waals surface area contributed by atoms with Gasteiger partial charge in [0.15, 0.2) is 0 Å². The quantitative estimate of drug-likeness (QED) is 0.161. The van der Waals surface area contributed by atoms with Crippen LogP contribution in [0.15, 0.2) is 261 Å². The minimum Gasteiger partial charge on any atom is -0.310 e. The number of benzene rings is 11. The molecule has 1 heterocycles. The summed E-state index contributed by atoms with van der Waals surface area (Å²) in [6, 6.07) is 98.3. The molecule has 2 heteroatoms. The number of rotatable bonds is 6. The fourth-order valence-electron chi connectivity index (χ4n) is 13.0. The van der Waals surface area contributed by atoms with Crippen molar-refractivity contribution in [1.82, 2.24) is 0 Å². The molecule has 11 aromatic carbocycles. The molecular formula is C68H43NS. The first-order valence-corrected chi connectivity index (χ1v) is 25.1. The summed E-state index contributed by atoms with van der Waals surface area (Å²) in [5.41, 5.74) is 22.8. The molecule has 0 radical (unpaired) electrons. The fourth-order valence-corrected chi connectivity index (χ4v) is 14.2. The van der Waals surface area contributed by atoms with Crippen molar-refractivity contribution in [2.24, 2.45) is 0 Å². The topological polar surface area (TPSA) is 3.24 Å². The van der Waals surface area contributed by atoms with Crippen molar-refractivity contribution in [2.75, 3.05) is 4.90 Å². The van der Waals surface area contributed by atoms with Crippen LogP contribution >= 0.6 is 11.3 Å². The van der Waals surface area contributed by atoms with Crippen LogP contribution in [-0.4, -0.2) is 0 Å². The van der Waals surface area contributed by atoms with Crippen LogP contribution in [0.2, 0.25) is 0 Å². The highest BCUT2D eigenvalue weighted by Gasteiger charge is 2.52. The van der Waals surface area contributed by atoms with Crippen molar-refractivity contribution in [1.29, 1.82) is 0 Å². The molecule has 0 saturated carbocycles. The summed E-state index contributed by atoms with van der Waals surface area (Å²) in [6.45, 7) is 0. The average Bonchev–Trinajstić information content (AvgIpc) is 4.14. The molecule has 70 heavy (non-hydrogen) atoms. The molecule has 0 fully saturated rings. The van der Waals surface area contributed by atoms with E-state index >= 15 is 0 Å². The molecule has 1 nitrogen and oxygen atoms in total. The Morgan fingerprint density at radius 3 is 1.33 bits per heavy atom. The smallest absolute Gasteiger partial charge is 0.0726 e. The van der Waals surface area contributed by atoms with E-state index in [0.29, 0.717) is 0 Å². The van der Waals surface area contributed by atoms with Crippen LogP contribution < -0.4 is 4.90 Å². The van der Waals surface area contributed by atoms with Crippen LogP contribution in [0.4, 0.5) is 17.1 Å². The number of hydrogen-bond donors (Lipinski definition) is 0. The van der Waals surface area contributed by atoms with E-state index in [0.717, 1.165) is 17.1 Å². The molecule has 1 spiro atoms. The second kappa shape index (κ2) is 15.0. The van der Waals surface area contributed by atoms with E-state index < -0.39 is 10.8 Å². The van der Waals surface area contributed by atoms with Crippen LogP contribution in [0.5, 0.6) is 0 Å². The van der Waals surface area contributed by atoms with Gasteiger partial charge in [0.1, 0.15) is 0 Å². The zero-order chi connectivity index (χ0) is 46.0. The first-order chi connectivity index (χ1) is 34.7. The van der Waals surface area contributed by atoms with E-state index in [-0.39, 0.29) is 0 Å². The zero-order valence-corrected chi connectivity index (χ0v) is 39.0. The van der Waals surface area contributed by atoms with Crippen molar-refractivity contribution < 1.29 is 0 Å². The van der Waals surface area contributed by atoms with E-state index in [1.54, 1.807) is 0 Å². The summed E-state index contributed by atoms with van der Waals surface area (Å²) in [4.78, 5) is 2.58. The van der Waals surface area contributed by atoms with Crippen LogP contribution in [-0.2, 0) is 10.8 Å². The lowest BCUT2D eigenvalue weighted by atomic mass is 9.67. The van der Waals surface area contributed by atoms with E-state index in [4.69, 9.17) is 0 Å². The van der Waals surface area contributed by atoms with Crippen molar-refractivity contribution >= 4 is 48.6 Å². The second-order valence-corrected chi connectivity index (χ2v) is 20.1.